The zero-order valence-electron chi connectivity index (χ0n) is 8.36. The zero-order chi connectivity index (χ0) is 9.03. The molecule has 12 heavy (non-hydrogen) atoms. The van der Waals surface area contributed by atoms with E-state index in [2.05, 4.69) is 13.5 Å². The number of ether oxygens (including phenoxy) is 1. The molecule has 0 atom stereocenters. The van der Waals surface area contributed by atoms with Gasteiger partial charge in [-0.1, -0.05) is 31.9 Å². The van der Waals surface area contributed by atoms with Crippen LogP contribution in [0, 0.1) is 0 Å². The van der Waals surface area contributed by atoms with E-state index in [1.165, 1.54) is 25.7 Å². The van der Waals surface area contributed by atoms with Crippen LogP contribution in [0.3, 0.4) is 0 Å². The Morgan fingerprint density at radius 2 is 2.00 bits per heavy atom. The third-order valence-corrected chi connectivity index (χ3v) is 2.78. The predicted octanol–water partition coefficient (Wildman–Crippen LogP) is 3.30. The van der Waals surface area contributed by atoms with Crippen molar-refractivity contribution in [2.24, 2.45) is 0 Å². The van der Waals surface area contributed by atoms with E-state index in [0.717, 1.165) is 18.6 Å². The highest BCUT2D eigenvalue weighted by Gasteiger charge is 2.32. The molecule has 0 aromatic heterocycles. The van der Waals surface area contributed by atoms with Crippen molar-refractivity contribution in [1.29, 1.82) is 0 Å². The van der Waals surface area contributed by atoms with Crippen LogP contribution in [0.2, 0.25) is 0 Å². The molecule has 0 aromatic rings. The molecule has 0 heterocycles. The van der Waals surface area contributed by atoms with Crippen LogP contribution in [-0.2, 0) is 4.74 Å². The molecule has 1 aliphatic rings. The lowest BCUT2D eigenvalue weighted by molar-refractivity contribution is -0.0314. The van der Waals surface area contributed by atoms with Gasteiger partial charge >= 0.3 is 0 Å². The van der Waals surface area contributed by atoms with Crippen LogP contribution < -0.4 is 0 Å². The first kappa shape index (κ1) is 9.79. The Bertz CT molecular complexity index is 154. The lowest BCUT2D eigenvalue weighted by Gasteiger charge is -2.28. The fraction of sp³-hybridized carbons (Fsp3) is 0.818. The third-order valence-electron chi connectivity index (χ3n) is 2.78. The summed E-state index contributed by atoms with van der Waals surface area (Å²) >= 11 is 0. The Hall–Kier alpha value is -0.300. The van der Waals surface area contributed by atoms with Gasteiger partial charge in [-0.25, -0.2) is 0 Å². The lowest BCUT2D eigenvalue weighted by atomic mass is 9.99. The molecule has 0 aliphatic heterocycles. The molecule has 0 N–H and O–H groups in total. The van der Waals surface area contributed by atoms with Crippen molar-refractivity contribution < 1.29 is 4.74 Å². The summed E-state index contributed by atoms with van der Waals surface area (Å²) < 4.78 is 5.90. The molecule has 1 fully saturated rings. The predicted molar refractivity (Wildman–Crippen MR) is 52.3 cm³/mol. The number of hydrogen-bond acceptors (Lipinski definition) is 1. The second kappa shape index (κ2) is 4.08. The molecule has 1 heteroatoms. The Balaban J connectivity index is 2.39. The minimum atomic E-state index is 0.207. The largest absolute Gasteiger partial charge is 0.371 e. The topological polar surface area (TPSA) is 9.23 Å². The molecule has 1 nitrogen and oxygen atoms in total. The van der Waals surface area contributed by atoms with Gasteiger partial charge in [0.15, 0.2) is 0 Å². The van der Waals surface area contributed by atoms with E-state index in [4.69, 9.17) is 4.74 Å². The molecule has 0 unspecified atom stereocenters. The van der Waals surface area contributed by atoms with Gasteiger partial charge in [-0.2, -0.15) is 0 Å². The second-order valence-electron chi connectivity index (χ2n) is 3.99. The van der Waals surface area contributed by atoms with E-state index in [9.17, 15) is 0 Å². The number of rotatable bonds is 4. The minimum Gasteiger partial charge on any atom is -0.371 e. The maximum Gasteiger partial charge on any atom is 0.0684 e. The molecule has 0 saturated heterocycles. The van der Waals surface area contributed by atoms with Crippen molar-refractivity contribution in [2.75, 3.05) is 6.61 Å². The van der Waals surface area contributed by atoms with Gasteiger partial charge in [0.2, 0.25) is 0 Å². The minimum absolute atomic E-state index is 0.207. The molecule has 0 bridgehead atoms. The Kier molecular flexibility index (Phi) is 3.33. The highest BCUT2D eigenvalue weighted by molar-refractivity contribution is 4.92. The summed E-state index contributed by atoms with van der Waals surface area (Å²) in [7, 11) is 0. The van der Waals surface area contributed by atoms with Crippen molar-refractivity contribution in [1.82, 2.24) is 0 Å². The van der Waals surface area contributed by atoms with Crippen molar-refractivity contribution >= 4 is 0 Å². The molecule has 70 valence electrons. The molecular formula is C11H20O. The maximum absolute atomic E-state index is 5.90. The summed E-state index contributed by atoms with van der Waals surface area (Å²) in [5.41, 5.74) is 1.34. The van der Waals surface area contributed by atoms with Crippen LogP contribution >= 0.6 is 0 Å². The van der Waals surface area contributed by atoms with E-state index in [1.54, 1.807) is 0 Å². The first-order valence-electron chi connectivity index (χ1n) is 4.97. The monoisotopic (exact) mass is 168 g/mol. The molecule has 1 aliphatic carbocycles. The third kappa shape index (κ3) is 2.34. The Morgan fingerprint density at radius 1 is 1.42 bits per heavy atom. The highest BCUT2D eigenvalue weighted by Crippen LogP contribution is 2.35. The fourth-order valence-corrected chi connectivity index (χ4v) is 1.90. The normalized spacial score (nSPS) is 21.2. The molecule has 0 amide bonds. The number of hydrogen-bond donors (Lipinski definition) is 0. The summed E-state index contributed by atoms with van der Waals surface area (Å²) in [6, 6.07) is 0. The van der Waals surface area contributed by atoms with Crippen molar-refractivity contribution in [3.05, 3.63) is 12.2 Å². The SMILES string of the molecule is C=C(C)COC1(CC)CCCC1. The van der Waals surface area contributed by atoms with E-state index in [1.807, 2.05) is 6.92 Å². The maximum atomic E-state index is 5.90. The van der Waals surface area contributed by atoms with Crippen molar-refractivity contribution in [3.8, 4) is 0 Å². The van der Waals surface area contributed by atoms with Crippen LogP contribution in [0.15, 0.2) is 12.2 Å². The zero-order valence-corrected chi connectivity index (χ0v) is 8.36. The standard InChI is InChI=1S/C11H20O/c1-4-11(7-5-6-8-11)12-9-10(2)3/h2,4-9H2,1,3H3. The van der Waals surface area contributed by atoms with Crippen LogP contribution in [0.1, 0.15) is 46.0 Å². The smallest absolute Gasteiger partial charge is 0.0684 e. The van der Waals surface area contributed by atoms with E-state index in [0.29, 0.717) is 0 Å². The van der Waals surface area contributed by atoms with Crippen LogP contribution in [-0.4, -0.2) is 12.2 Å². The summed E-state index contributed by atoms with van der Waals surface area (Å²) in [5, 5.41) is 0. The summed E-state index contributed by atoms with van der Waals surface area (Å²) in [6.45, 7) is 8.85. The van der Waals surface area contributed by atoms with Gasteiger partial charge in [-0.15, -0.1) is 0 Å². The van der Waals surface area contributed by atoms with Crippen molar-refractivity contribution in [3.63, 3.8) is 0 Å². The van der Waals surface area contributed by atoms with Gasteiger partial charge in [0.25, 0.3) is 0 Å². The van der Waals surface area contributed by atoms with Crippen LogP contribution in [0.5, 0.6) is 0 Å². The quantitative estimate of drug-likeness (QED) is 0.585. The summed E-state index contributed by atoms with van der Waals surface area (Å²) in [5.74, 6) is 0. The molecule has 1 rings (SSSR count). The molecular weight excluding hydrogens is 148 g/mol. The molecule has 1 saturated carbocycles. The fourth-order valence-electron chi connectivity index (χ4n) is 1.90. The summed E-state index contributed by atoms with van der Waals surface area (Å²) in [4.78, 5) is 0. The molecule has 0 aromatic carbocycles. The first-order valence-corrected chi connectivity index (χ1v) is 4.97. The van der Waals surface area contributed by atoms with E-state index >= 15 is 0 Å². The van der Waals surface area contributed by atoms with Gasteiger partial charge in [-0.3, -0.25) is 0 Å². The van der Waals surface area contributed by atoms with E-state index in [-0.39, 0.29) is 5.60 Å². The first-order chi connectivity index (χ1) is 5.68. The Labute approximate surface area is 75.8 Å². The van der Waals surface area contributed by atoms with Gasteiger partial charge < -0.3 is 4.74 Å². The summed E-state index contributed by atoms with van der Waals surface area (Å²) in [6.07, 6.45) is 6.32. The second-order valence-corrected chi connectivity index (χ2v) is 3.99. The van der Waals surface area contributed by atoms with Gasteiger partial charge in [0.05, 0.1) is 12.2 Å². The molecule has 0 radical (unpaired) electrons. The van der Waals surface area contributed by atoms with Crippen LogP contribution in [0.4, 0.5) is 0 Å². The van der Waals surface area contributed by atoms with E-state index < -0.39 is 0 Å². The highest BCUT2D eigenvalue weighted by atomic mass is 16.5. The average Bonchev–Trinajstić information content (AvgIpc) is 2.50. The average molecular weight is 168 g/mol. The lowest BCUT2D eigenvalue weighted by Crippen LogP contribution is -2.28. The Morgan fingerprint density at radius 3 is 2.42 bits per heavy atom. The molecule has 0 spiro atoms. The van der Waals surface area contributed by atoms with Gasteiger partial charge in [0.1, 0.15) is 0 Å². The van der Waals surface area contributed by atoms with Crippen molar-refractivity contribution in [2.45, 2.75) is 51.6 Å². The van der Waals surface area contributed by atoms with Crippen LogP contribution in [0.25, 0.3) is 0 Å². The van der Waals surface area contributed by atoms with Gasteiger partial charge in [0, 0.05) is 0 Å². The van der Waals surface area contributed by atoms with Gasteiger partial charge in [-0.05, 0) is 26.2 Å².